The van der Waals surface area contributed by atoms with Crippen LogP contribution < -0.4 is 9.47 Å². The van der Waals surface area contributed by atoms with Gasteiger partial charge < -0.3 is 9.47 Å². The first-order valence-corrected chi connectivity index (χ1v) is 6.10. The van der Waals surface area contributed by atoms with Gasteiger partial charge >= 0.3 is 0 Å². The van der Waals surface area contributed by atoms with Gasteiger partial charge in [-0.05, 0) is 41.8 Å². The van der Waals surface area contributed by atoms with Crippen LogP contribution in [0.3, 0.4) is 0 Å². The Morgan fingerprint density at radius 2 is 1.95 bits per heavy atom. The quantitative estimate of drug-likeness (QED) is 0.774. The monoisotopic (exact) mass is 255 g/mol. The van der Waals surface area contributed by atoms with Crippen molar-refractivity contribution in [2.75, 3.05) is 13.2 Å². The van der Waals surface area contributed by atoms with Gasteiger partial charge in [0.15, 0.2) is 17.8 Å². The van der Waals surface area contributed by atoms with E-state index < -0.39 is 0 Å². The average Bonchev–Trinajstić information content (AvgIpc) is 2.47. The number of carbonyl (C=O) groups is 1. The number of rotatable bonds is 2. The smallest absolute Gasteiger partial charge is 0.168 e. The lowest BCUT2D eigenvalue weighted by molar-refractivity contribution is 0.111. The predicted molar refractivity (Wildman–Crippen MR) is 70.8 cm³/mol. The molecule has 1 aliphatic rings. The van der Waals surface area contributed by atoms with Gasteiger partial charge in [-0.25, -0.2) is 0 Å². The van der Waals surface area contributed by atoms with Gasteiger partial charge in [0.1, 0.15) is 18.9 Å². The second-order valence-corrected chi connectivity index (χ2v) is 4.35. The van der Waals surface area contributed by atoms with E-state index in [0.717, 1.165) is 34.5 Å². The number of carbonyl (C=O) groups excluding carboxylic acids is 1. The summed E-state index contributed by atoms with van der Waals surface area (Å²) in [7, 11) is 0. The molecule has 4 nitrogen and oxygen atoms in total. The van der Waals surface area contributed by atoms with Crippen molar-refractivity contribution >= 4 is 6.29 Å². The summed E-state index contributed by atoms with van der Waals surface area (Å²) in [6, 6.07) is 7.69. The zero-order valence-corrected chi connectivity index (χ0v) is 10.6. The lowest BCUT2D eigenvalue weighted by atomic mass is 10.00. The highest BCUT2D eigenvalue weighted by Crippen LogP contribution is 2.35. The maximum Gasteiger partial charge on any atom is 0.168 e. The fourth-order valence-corrected chi connectivity index (χ4v) is 2.19. The number of pyridine rings is 1. The second kappa shape index (κ2) is 4.72. The van der Waals surface area contributed by atoms with E-state index in [-0.39, 0.29) is 0 Å². The molecule has 0 bridgehead atoms. The zero-order chi connectivity index (χ0) is 13.2. The molecule has 0 spiro atoms. The molecule has 0 unspecified atom stereocenters. The molecule has 96 valence electrons. The van der Waals surface area contributed by atoms with Crippen molar-refractivity contribution in [1.29, 1.82) is 0 Å². The van der Waals surface area contributed by atoms with E-state index in [4.69, 9.17) is 9.47 Å². The van der Waals surface area contributed by atoms with Crippen LogP contribution in [-0.4, -0.2) is 24.5 Å². The molecule has 0 atom stereocenters. The summed E-state index contributed by atoms with van der Waals surface area (Å²) in [6.07, 6.45) is 2.42. The highest BCUT2D eigenvalue weighted by molar-refractivity contribution is 5.80. The van der Waals surface area contributed by atoms with Crippen LogP contribution in [-0.2, 0) is 0 Å². The molecule has 2 heterocycles. The number of benzene rings is 1. The third kappa shape index (κ3) is 2.05. The normalized spacial score (nSPS) is 13.1. The molecule has 3 rings (SSSR count). The Labute approximate surface area is 111 Å². The molecule has 0 radical (unpaired) electrons. The van der Waals surface area contributed by atoms with Gasteiger partial charge in [-0.3, -0.25) is 9.78 Å². The molecule has 0 saturated carbocycles. The van der Waals surface area contributed by atoms with Crippen LogP contribution in [0, 0.1) is 6.92 Å². The lowest BCUT2D eigenvalue weighted by Crippen LogP contribution is -2.15. The fourth-order valence-electron chi connectivity index (χ4n) is 2.19. The van der Waals surface area contributed by atoms with Gasteiger partial charge in [-0.2, -0.15) is 0 Å². The van der Waals surface area contributed by atoms with Crippen LogP contribution in [0.5, 0.6) is 11.5 Å². The first-order chi connectivity index (χ1) is 9.29. The largest absolute Gasteiger partial charge is 0.486 e. The van der Waals surface area contributed by atoms with Crippen molar-refractivity contribution in [3.05, 3.63) is 41.7 Å². The first-order valence-electron chi connectivity index (χ1n) is 6.10. The molecule has 1 aromatic carbocycles. The predicted octanol–water partition coefficient (Wildman–Crippen LogP) is 2.64. The summed E-state index contributed by atoms with van der Waals surface area (Å²) in [5, 5.41) is 0. The summed E-state index contributed by atoms with van der Waals surface area (Å²) < 4.78 is 11.1. The standard InChI is InChI=1S/C15H13NO3/c1-10-12(4-5-16-13(10)9-17)11-2-3-14-15(8-11)19-7-6-18-14/h2-5,8-9H,6-7H2,1H3. The number of hydrogen-bond acceptors (Lipinski definition) is 4. The number of ether oxygens (including phenoxy) is 2. The number of fused-ring (bicyclic) bond motifs is 1. The van der Waals surface area contributed by atoms with Crippen LogP contribution in [0.25, 0.3) is 11.1 Å². The molecule has 1 aliphatic heterocycles. The minimum Gasteiger partial charge on any atom is -0.486 e. The van der Waals surface area contributed by atoms with E-state index in [1.54, 1.807) is 6.20 Å². The summed E-state index contributed by atoms with van der Waals surface area (Å²) >= 11 is 0. The van der Waals surface area contributed by atoms with E-state index in [1.165, 1.54) is 0 Å². The molecule has 1 aromatic heterocycles. The van der Waals surface area contributed by atoms with E-state index in [2.05, 4.69) is 4.98 Å². The highest BCUT2D eigenvalue weighted by Gasteiger charge is 2.14. The van der Waals surface area contributed by atoms with Gasteiger partial charge in [0.2, 0.25) is 0 Å². The Kier molecular flexibility index (Phi) is 2.91. The summed E-state index contributed by atoms with van der Waals surface area (Å²) in [6.45, 7) is 3.03. The Morgan fingerprint density at radius 3 is 2.74 bits per heavy atom. The molecule has 4 heteroatoms. The Balaban J connectivity index is 2.09. The van der Waals surface area contributed by atoms with Crippen LogP contribution in [0.15, 0.2) is 30.5 Å². The van der Waals surface area contributed by atoms with Crippen molar-refractivity contribution in [2.24, 2.45) is 0 Å². The molecule has 0 amide bonds. The molecule has 0 aliphatic carbocycles. The molecule has 19 heavy (non-hydrogen) atoms. The highest BCUT2D eigenvalue weighted by atomic mass is 16.6. The van der Waals surface area contributed by atoms with Crippen molar-refractivity contribution in [1.82, 2.24) is 4.98 Å². The molecule has 0 N–H and O–H groups in total. The van der Waals surface area contributed by atoms with Crippen LogP contribution in [0.1, 0.15) is 16.1 Å². The van der Waals surface area contributed by atoms with Gasteiger partial charge in [-0.15, -0.1) is 0 Å². The summed E-state index contributed by atoms with van der Waals surface area (Å²) in [4.78, 5) is 15.0. The van der Waals surface area contributed by atoms with Gasteiger partial charge in [0.25, 0.3) is 0 Å². The molecule has 0 fully saturated rings. The molecular formula is C15H13NO3. The SMILES string of the molecule is Cc1c(-c2ccc3c(c2)OCCO3)ccnc1C=O. The maximum absolute atomic E-state index is 10.9. The average molecular weight is 255 g/mol. The van der Waals surface area contributed by atoms with E-state index >= 15 is 0 Å². The van der Waals surface area contributed by atoms with Crippen molar-refractivity contribution in [3.8, 4) is 22.6 Å². The Bertz CT molecular complexity index is 637. The Hall–Kier alpha value is -2.36. The third-order valence-corrected chi connectivity index (χ3v) is 3.21. The van der Waals surface area contributed by atoms with Crippen molar-refractivity contribution < 1.29 is 14.3 Å². The maximum atomic E-state index is 10.9. The number of aldehydes is 1. The van der Waals surface area contributed by atoms with E-state index in [9.17, 15) is 4.79 Å². The minimum absolute atomic E-state index is 0.465. The van der Waals surface area contributed by atoms with Crippen molar-refractivity contribution in [2.45, 2.75) is 6.92 Å². The summed E-state index contributed by atoms with van der Waals surface area (Å²) in [5.41, 5.74) is 3.31. The fraction of sp³-hybridized carbons (Fsp3) is 0.200. The Morgan fingerprint density at radius 1 is 1.16 bits per heavy atom. The lowest BCUT2D eigenvalue weighted by Gasteiger charge is -2.19. The molecular weight excluding hydrogens is 242 g/mol. The number of nitrogens with zero attached hydrogens (tertiary/aromatic N) is 1. The van der Waals surface area contributed by atoms with Gasteiger partial charge in [-0.1, -0.05) is 6.07 Å². The zero-order valence-electron chi connectivity index (χ0n) is 10.6. The minimum atomic E-state index is 0.465. The van der Waals surface area contributed by atoms with Crippen LogP contribution in [0.4, 0.5) is 0 Å². The topological polar surface area (TPSA) is 48.4 Å². The van der Waals surface area contributed by atoms with Gasteiger partial charge in [0.05, 0.1) is 0 Å². The van der Waals surface area contributed by atoms with E-state index in [0.29, 0.717) is 18.9 Å². The van der Waals surface area contributed by atoms with Crippen LogP contribution >= 0.6 is 0 Å². The number of aromatic nitrogens is 1. The van der Waals surface area contributed by atoms with E-state index in [1.807, 2.05) is 31.2 Å². The summed E-state index contributed by atoms with van der Waals surface area (Å²) in [5.74, 6) is 1.50. The molecule has 2 aromatic rings. The third-order valence-electron chi connectivity index (χ3n) is 3.21. The number of hydrogen-bond donors (Lipinski definition) is 0. The first kappa shape index (κ1) is 11.7. The van der Waals surface area contributed by atoms with Gasteiger partial charge in [0, 0.05) is 6.20 Å². The second-order valence-electron chi connectivity index (χ2n) is 4.35. The van der Waals surface area contributed by atoms with Crippen LogP contribution in [0.2, 0.25) is 0 Å². The molecule has 0 saturated heterocycles. The van der Waals surface area contributed by atoms with Crippen molar-refractivity contribution in [3.63, 3.8) is 0 Å².